The molecule has 0 bridgehead atoms. The van der Waals surface area contributed by atoms with Crippen LogP contribution in [0.1, 0.15) is 5.56 Å². The summed E-state index contributed by atoms with van der Waals surface area (Å²) < 4.78 is 26.4. The summed E-state index contributed by atoms with van der Waals surface area (Å²) in [6, 6.07) is 11.4. The van der Waals surface area contributed by atoms with E-state index in [1.807, 2.05) is 25.1 Å². The molecule has 4 nitrogen and oxygen atoms in total. The molecule has 114 valence electrons. The molecule has 0 fully saturated rings. The molecule has 2 aromatic carbocycles. The van der Waals surface area contributed by atoms with Crippen LogP contribution in [0.25, 0.3) is 33.8 Å². The first-order valence-corrected chi connectivity index (χ1v) is 7.08. The first kappa shape index (κ1) is 13.6. The molecule has 0 saturated carbocycles. The zero-order valence-corrected chi connectivity index (χ0v) is 12.2. The van der Waals surface area contributed by atoms with E-state index in [4.69, 9.17) is 0 Å². The lowest BCUT2D eigenvalue weighted by Gasteiger charge is -1.96. The number of rotatable bonds is 2. The van der Waals surface area contributed by atoms with Gasteiger partial charge < -0.3 is 4.98 Å². The van der Waals surface area contributed by atoms with E-state index in [9.17, 15) is 8.78 Å². The Hall–Kier alpha value is -3.02. The third-order valence-electron chi connectivity index (χ3n) is 3.69. The summed E-state index contributed by atoms with van der Waals surface area (Å²) in [4.78, 5) is 7.72. The van der Waals surface area contributed by atoms with E-state index in [0.29, 0.717) is 22.8 Å². The van der Waals surface area contributed by atoms with E-state index in [1.54, 1.807) is 6.07 Å². The van der Waals surface area contributed by atoms with Gasteiger partial charge in [-0.2, -0.15) is 5.10 Å². The number of halogens is 2. The molecule has 2 aromatic heterocycles. The van der Waals surface area contributed by atoms with Crippen molar-refractivity contribution in [3.05, 3.63) is 59.7 Å². The third kappa shape index (κ3) is 2.38. The van der Waals surface area contributed by atoms with Crippen LogP contribution in [0.3, 0.4) is 0 Å². The first-order chi connectivity index (χ1) is 11.1. The second kappa shape index (κ2) is 5.01. The van der Waals surface area contributed by atoms with Crippen molar-refractivity contribution in [1.29, 1.82) is 0 Å². The third-order valence-corrected chi connectivity index (χ3v) is 3.69. The van der Waals surface area contributed by atoms with Gasteiger partial charge in [-0.25, -0.2) is 13.8 Å². The maximum atomic E-state index is 13.3. The number of nitrogens with one attached hydrogen (secondary N) is 2. The van der Waals surface area contributed by atoms with Crippen molar-refractivity contribution in [1.82, 2.24) is 20.2 Å². The van der Waals surface area contributed by atoms with Crippen molar-refractivity contribution >= 4 is 11.0 Å². The SMILES string of the molecule is Cc1ccc2nc(-c3cc(-c4ccc(F)c(F)c4)n[nH]3)[nH]c2c1. The molecule has 0 radical (unpaired) electrons. The maximum Gasteiger partial charge on any atom is 0.159 e. The van der Waals surface area contributed by atoms with Crippen molar-refractivity contribution in [3.63, 3.8) is 0 Å². The highest BCUT2D eigenvalue weighted by atomic mass is 19.2. The number of aromatic amines is 2. The molecule has 0 aliphatic heterocycles. The zero-order chi connectivity index (χ0) is 16.0. The molecule has 2 N–H and O–H groups in total. The minimum Gasteiger partial charge on any atom is -0.337 e. The molecule has 2 heterocycles. The average Bonchev–Trinajstić information content (AvgIpc) is 3.15. The number of aromatic nitrogens is 4. The van der Waals surface area contributed by atoms with Crippen LogP contribution in [0.15, 0.2) is 42.5 Å². The standard InChI is InChI=1S/C17H12F2N4/c1-9-2-5-13-15(6-9)21-17(20-13)16-8-14(22-23-16)10-3-4-11(18)12(19)7-10/h2-8H,1H3,(H,20,21)(H,22,23). The molecule has 0 atom stereocenters. The minimum atomic E-state index is -0.897. The summed E-state index contributed by atoms with van der Waals surface area (Å²) in [6.45, 7) is 2.01. The Morgan fingerprint density at radius 2 is 1.83 bits per heavy atom. The number of nitrogens with zero attached hydrogens (tertiary/aromatic N) is 2. The van der Waals surface area contributed by atoms with Crippen LogP contribution in [-0.2, 0) is 0 Å². The van der Waals surface area contributed by atoms with Gasteiger partial charge >= 0.3 is 0 Å². The summed E-state index contributed by atoms with van der Waals surface area (Å²) in [5.41, 5.74) is 4.63. The fraction of sp³-hybridized carbons (Fsp3) is 0.0588. The molecule has 0 unspecified atom stereocenters. The highest BCUT2D eigenvalue weighted by Gasteiger charge is 2.11. The predicted molar refractivity (Wildman–Crippen MR) is 83.8 cm³/mol. The molecular formula is C17H12F2N4. The van der Waals surface area contributed by atoms with Crippen LogP contribution in [0.5, 0.6) is 0 Å². The van der Waals surface area contributed by atoms with Gasteiger partial charge in [-0.05, 0) is 48.9 Å². The summed E-state index contributed by atoms with van der Waals surface area (Å²) >= 11 is 0. The van der Waals surface area contributed by atoms with Gasteiger partial charge in [0.25, 0.3) is 0 Å². The van der Waals surface area contributed by atoms with Crippen LogP contribution < -0.4 is 0 Å². The predicted octanol–water partition coefficient (Wildman–Crippen LogP) is 4.21. The monoisotopic (exact) mass is 310 g/mol. The summed E-state index contributed by atoms with van der Waals surface area (Å²) in [5, 5.41) is 7.02. The van der Waals surface area contributed by atoms with E-state index in [-0.39, 0.29) is 0 Å². The van der Waals surface area contributed by atoms with Gasteiger partial charge in [0.05, 0.1) is 16.7 Å². The molecule has 4 aromatic rings. The van der Waals surface area contributed by atoms with Crippen LogP contribution in [0.4, 0.5) is 8.78 Å². The van der Waals surface area contributed by atoms with Gasteiger partial charge in [0, 0.05) is 5.56 Å². The van der Waals surface area contributed by atoms with E-state index in [2.05, 4.69) is 20.2 Å². The highest BCUT2D eigenvalue weighted by molar-refractivity contribution is 5.80. The molecular weight excluding hydrogens is 298 g/mol. The summed E-state index contributed by atoms with van der Waals surface area (Å²) in [5.74, 6) is -1.13. The number of hydrogen-bond acceptors (Lipinski definition) is 2. The molecule has 0 aliphatic rings. The Morgan fingerprint density at radius 3 is 2.65 bits per heavy atom. The van der Waals surface area contributed by atoms with Gasteiger partial charge in [0.1, 0.15) is 5.69 Å². The Bertz CT molecular complexity index is 1020. The maximum absolute atomic E-state index is 13.3. The van der Waals surface area contributed by atoms with E-state index in [0.717, 1.165) is 28.7 Å². The molecule has 0 spiro atoms. The number of fused-ring (bicyclic) bond motifs is 1. The first-order valence-electron chi connectivity index (χ1n) is 7.08. The Labute approximate surface area is 130 Å². The van der Waals surface area contributed by atoms with Crippen LogP contribution in [0, 0.1) is 18.6 Å². The molecule has 0 saturated heterocycles. The molecule has 23 heavy (non-hydrogen) atoms. The van der Waals surface area contributed by atoms with E-state index in [1.165, 1.54) is 6.07 Å². The lowest BCUT2D eigenvalue weighted by atomic mass is 10.1. The van der Waals surface area contributed by atoms with Crippen LogP contribution in [0.2, 0.25) is 0 Å². The topological polar surface area (TPSA) is 57.4 Å². The smallest absolute Gasteiger partial charge is 0.159 e. The Morgan fingerprint density at radius 1 is 0.957 bits per heavy atom. The molecule has 6 heteroatoms. The molecule has 0 aliphatic carbocycles. The van der Waals surface area contributed by atoms with Crippen LogP contribution in [-0.4, -0.2) is 20.2 Å². The average molecular weight is 310 g/mol. The normalized spacial score (nSPS) is 11.3. The lowest BCUT2D eigenvalue weighted by molar-refractivity contribution is 0.509. The largest absolute Gasteiger partial charge is 0.337 e. The minimum absolute atomic E-state index is 0.498. The van der Waals surface area contributed by atoms with E-state index < -0.39 is 11.6 Å². The Balaban J connectivity index is 1.75. The number of benzene rings is 2. The Kier molecular flexibility index (Phi) is 2.97. The van der Waals surface area contributed by atoms with E-state index >= 15 is 0 Å². The highest BCUT2D eigenvalue weighted by Crippen LogP contribution is 2.25. The van der Waals surface area contributed by atoms with Gasteiger partial charge in [-0.1, -0.05) is 6.07 Å². The number of imidazole rings is 1. The quantitative estimate of drug-likeness (QED) is 0.583. The van der Waals surface area contributed by atoms with Crippen molar-refractivity contribution in [2.75, 3.05) is 0 Å². The van der Waals surface area contributed by atoms with Crippen LogP contribution >= 0.6 is 0 Å². The lowest BCUT2D eigenvalue weighted by Crippen LogP contribution is -1.85. The molecule has 0 amide bonds. The van der Waals surface area contributed by atoms with Gasteiger partial charge in [-0.3, -0.25) is 5.10 Å². The fourth-order valence-corrected chi connectivity index (χ4v) is 2.50. The number of hydrogen-bond donors (Lipinski definition) is 2. The van der Waals surface area contributed by atoms with Gasteiger partial charge in [0.15, 0.2) is 17.5 Å². The second-order valence-electron chi connectivity index (χ2n) is 5.40. The van der Waals surface area contributed by atoms with Crippen molar-refractivity contribution in [2.24, 2.45) is 0 Å². The number of aryl methyl sites for hydroxylation is 1. The summed E-state index contributed by atoms with van der Waals surface area (Å²) in [6.07, 6.45) is 0. The van der Waals surface area contributed by atoms with Crippen molar-refractivity contribution in [3.8, 4) is 22.8 Å². The summed E-state index contributed by atoms with van der Waals surface area (Å²) in [7, 11) is 0. The second-order valence-corrected chi connectivity index (χ2v) is 5.40. The van der Waals surface area contributed by atoms with Crippen molar-refractivity contribution < 1.29 is 8.78 Å². The zero-order valence-electron chi connectivity index (χ0n) is 12.2. The molecule has 4 rings (SSSR count). The fourth-order valence-electron chi connectivity index (χ4n) is 2.50. The van der Waals surface area contributed by atoms with Crippen molar-refractivity contribution in [2.45, 2.75) is 6.92 Å². The van der Waals surface area contributed by atoms with Gasteiger partial charge in [-0.15, -0.1) is 0 Å². The number of H-pyrrole nitrogens is 2. The van der Waals surface area contributed by atoms with Gasteiger partial charge in [0.2, 0.25) is 0 Å².